The molecule has 8 heteroatoms. The highest BCUT2D eigenvalue weighted by Gasteiger charge is 2.36. The van der Waals surface area contributed by atoms with Gasteiger partial charge in [-0.05, 0) is 37.3 Å². The highest BCUT2D eigenvalue weighted by molar-refractivity contribution is 5.95. The molecule has 0 saturated carbocycles. The SMILES string of the molecule is C[C@H](Oc1cccc(C#N)c1)C(=O)N(CC(F)(F)F)c1ccccn1. The van der Waals surface area contributed by atoms with Crippen LogP contribution in [-0.4, -0.2) is 29.7 Å². The number of hydrogen-bond donors (Lipinski definition) is 0. The van der Waals surface area contributed by atoms with Gasteiger partial charge in [0.15, 0.2) is 6.10 Å². The van der Waals surface area contributed by atoms with Gasteiger partial charge in [0, 0.05) is 6.20 Å². The number of nitrogens with zero attached hydrogens (tertiary/aromatic N) is 3. The molecule has 0 fully saturated rings. The summed E-state index contributed by atoms with van der Waals surface area (Å²) in [4.78, 5) is 16.8. The molecule has 0 saturated heterocycles. The lowest BCUT2D eigenvalue weighted by atomic mass is 10.2. The third-order valence-electron chi connectivity index (χ3n) is 3.15. The van der Waals surface area contributed by atoms with E-state index in [0.717, 1.165) is 0 Å². The summed E-state index contributed by atoms with van der Waals surface area (Å²) in [6, 6.07) is 12.3. The Morgan fingerprint density at radius 2 is 2.08 bits per heavy atom. The van der Waals surface area contributed by atoms with Crippen molar-refractivity contribution >= 4 is 11.7 Å². The van der Waals surface area contributed by atoms with Gasteiger partial charge in [-0.3, -0.25) is 9.69 Å². The van der Waals surface area contributed by atoms with E-state index < -0.39 is 24.7 Å². The predicted octanol–water partition coefficient (Wildman–Crippen LogP) is 3.32. The molecular formula is C17H14F3N3O2. The fraction of sp³-hybridized carbons (Fsp3) is 0.235. The van der Waals surface area contributed by atoms with E-state index in [1.165, 1.54) is 43.5 Å². The lowest BCUT2D eigenvalue weighted by Crippen LogP contribution is -2.45. The van der Waals surface area contributed by atoms with Crippen LogP contribution in [-0.2, 0) is 4.79 Å². The van der Waals surface area contributed by atoms with Crippen molar-refractivity contribution in [1.82, 2.24) is 4.98 Å². The zero-order chi connectivity index (χ0) is 18.4. The molecule has 1 amide bonds. The molecule has 0 spiro atoms. The number of amides is 1. The number of nitriles is 1. The van der Waals surface area contributed by atoms with Crippen LogP contribution in [0.25, 0.3) is 0 Å². The Morgan fingerprint density at radius 1 is 1.32 bits per heavy atom. The number of aromatic nitrogens is 1. The molecule has 1 heterocycles. The molecular weight excluding hydrogens is 335 g/mol. The Kier molecular flexibility index (Phi) is 5.60. The lowest BCUT2D eigenvalue weighted by molar-refractivity contribution is -0.136. The number of pyridine rings is 1. The second-order valence-electron chi connectivity index (χ2n) is 5.13. The van der Waals surface area contributed by atoms with Gasteiger partial charge in [0.2, 0.25) is 0 Å². The van der Waals surface area contributed by atoms with Gasteiger partial charge in [-0.1, -0.05) is 12.1 Å². The van der Waals surface area contributed by atoms with Crippen LogP contribution >= 0.6 is 0 Å². The molecule has 2 aromatic rings. The molecule has 1 aromatic carbocycles. The topological polar surface area (TPSA) is 66.2 Å². The Bertz CT molecular complexity index is 773. The highest BCUT2D eigenvalue weighted by Crippen LogP contribution is 2.22. The first-order chi connectivity index (χ1) is 11.8. The molecule has 0 bridgehead atoms. The third-order valence-corrected chi connectivity index (χ3v) is 3.15. The zero-order valence-electron chi connectivity index (χ0n) is 13.2. The zero-order valence-corrected chi connectivity index (χ0v) is 13.2. The molecule has 5 nitrogen and oxygen atoms in total. The number of alkyl halides is 3. The van der Waals surface area contributed by atoms with Crippen molar-refractivity contribution in [2.24, 2.45) is 0 Å². The van der Waals surface area contributed by atoms with Crippen molar-refractivity contribution < 1.29 is 22.7 Å². The second kappa shape index (κ2) is 7.66. The molecule has 0 radical (unpaired) electrons. The van der Waals surface area contributed by atoms with Crippen molar-refractivity contribution in [1.29, 1.82) is 5.26 Å². The first-order valence-electron chi connectivity index (χ1n) is 7.26. The molecule has 0 aliphatic heterocycles. The van der Waals surface area contributed by atoms with Crippen LogP contribution in [0.3, 0.4) is 0 Å². The fourth-order valence-electron chi connectivity index (χ4n) is 2.08. The van der Waals surface area contributed by atoms with E-state index in [9.17, 15) is 18.0 Å². The summed E-state index contributed by atoms with van der Waals surface area (Å²) in [5.41, 5.74) is 0.314. The van der Waals surface area contributed by atoms with Crippen molar-refractivity contribution in [3.05, 3.63) is 54.2 Å². The molecule has 0 N–H and O–H groups in total. The van der Waals surface area contributed by atoms with Crippen LogP contribution in [0.2, 0.25) is 0 Å². The number of anilines is 1. The van der Waals surface area contributed by atoms with E-state index >= 15 is 0 Å². The summed E-state index contributed by atoms with van der Waals surface area (Å²) in [5.74, 6) is -0.794. The molecule has 0 aliphatic carbocycles. The van der Waals surface area contributed by atoms with E-state index in [4.69, 9.17) is 10.00 Å². The summed E-state index contributed by atoms with van der Waals surface area (Å²) in [5, 5.41) is 8.86. The van der Waals surface area contributed by atoms with E-state index in [2.05, 4.69) is 4.98 Å². The first kappa shape index (κ1) is 18.3. The van der Waals surface area contributed by atoms with E-state index in [0.29, 0.717) is 10.5 Å². The Hall–Kier alpha value is -3.08. The van der Waals surface area contributed by atoms with Crippen molar-refractivity contribution in [2.75, 3.05) is 11.4 Å². The van der Waals surface area contributed by atoms with Crippen LogP contribution < -0.4 is 9.64 Å². The van der Waals surface area contributed by atoms with E-state index in [1.807, 2.05) is 6.07 Å². The van der Waals surface area contributed by atoms with Crippen LogP contribution in [0.5, 0.6) is 5.75 Å². The number of halogens is 3. The monoisotopic (exact) mass is 349 g/mol. The largest absolute Gasteiger partial charge is 0.481 e. The number of benzene rings is 1. The third kappa shape index (κ3) is 5.21. The van der Waals surface area contributed by atoms with Gasteiger partial charge in [-0.25, -0.2) is 4.98 Å². The van der Waals surface area contributed by atoms with Crippen LogP contribution in [0.1, 0.15) is 12.5 Å². The minimum atomic E-state index is -4.59. The van der Waals surface area contributed by atoms with Gasteiger partial charge in [0.05, 0.1) is 11.6 Å². The Labute approximate surface area is 142 Å². The maximum atomic E-state index is 12.8. The number of carbonyl (C=O) groups excluding carboxylic acids is 1. The maximum Gasteiger partial charge on any atom is 0.406 e. The smallest absolute Gasteiger partial charge is 0.406 e. The van der Waals surface area contributed by atoms with Gasteiger partial charge in [-0.15, -0.1) is 0 Å². The number of ether oxygens (including phenoxy) is 1. The minimum Gasteiger partial charge on any atom is -0.481 e. The van der Waals surface area contributed by atoms with Crippen LogP contribution in [0, 0.1) is 11.3 Å². The number of carbonyl (C=O) groups is 1. The van der Waals surface area contributed by atoms with Crippen LogP contribution in [0.15, 0.2) is 48.7 Å². The first-order valence-corrected chi connectivity index (χ1v) is 7.26. The average Bonchev–Trinajstić information content (AvgIpc) is 2.59. The summed E-state index contributed by atoms with van der Waals surface area (Å²) in [6.07, 6.45) is -4.49. The van der Waals surface area contributed by atoms with Gasteiger partial charge in [0.1, 0.15) is 18.1 Å². The fourth-order valence-corrected chi connectivity index (χ4v) is 2.08. The quantitative estimate of drug-likeness (QED) is 0.831. The van der Waals surface area contributed by atoms with E-state index in [1.54, 1.807) is 12.1 Å². The summed E-state index contributed by atoms with van der Waals surface area (Å²) in [6.45, 7) is -0.136. The molecule has 25 heavy (non-hydrogen) atoms. The number of hydrogen-bond acceptors (Lipinski definition) is 4. The van der Waals surface area contributed by atoms with Crippen molar-refractivity contribution in [3.8, 4) is 11.8 Å². The van der Waals surface area contributed by atoms with Crippen molar-refractivity contribution in [3.63, 3.8) is 0 Å². The molecule has 0 unspecified atom stereocenters. The average molecular weight is 349 g/mol. The summed E-state index contributed by atoms with van der Waals surface area (Å²) >= 11 is 0. The van der Waals surface area contributed by atoms with E-state index in [-0.39, 0.29) is 11.6 Å². The predicted molar refractivity (Wildman–Crippen MR) is 83.9 cm³/mol. The molecule has 1 atom stereocenters. The second-order valence-corrected chi connectivity index (χ2v) is 5.13. The van der Waals surface area contributed by atoms with Gasteiger partial charge in [0.25, 0.3) is 5.91 Å². The molecule has 0 aliphatic rings. The Morgan fingerprint density at radius 3 is 2.68 bits per heavy atom. The lowest BCUT2D eigenvalue weighted by Gasteiger charge is -2.26. The maximum absolute atomic E-state index is 12.8. The number of rotatable bonds is 5. The van der Waals surface area contributed by atoms with Gasteiger partial charge in [-0.2, -0.15) is 18.4 Å². The van der Waals surface area contributed by atoms with Crippen LogP contribution in [0.4, 0.5) is 19.0 Å². The van der Waals surface area contributed by atoms with Crippen molar-refractivity contribution in [2.45, 2.75) is 19.2 Å². The molecule has 2 rings (SSSR count). The normalized spacial score (nSPS) is 12.1. The summed E-state index contributed by atoms with van der Waals surface area (Å²) in [7, 11) is 0. The minimum absolute atomic E-state index is 0.119. The Balaban J connectivity index is 2.21. The summed E-state index contributed by atoms with van der Waals surface area (Å²) < 4.78 is 43.9. The highest BCUT2D eigenvalue weighted by atomic mass is 19.4. The molecule has 1 aromatic heterocycles. The standard InChI is InChI=1S/C17H14F3N3O2/c1-12(25-14-6-4-5-13(9-14)10-21)16(24)23(11-17(18,19)20)15-7-2-3-8-22-15/h2-9,12H,11H2,1H3/t12-/m0/s1. The van der Waals surface area contributed by atoms with Gasteiger partial charge < -0.3 is 4.74 Å². The molecule has 130 valence electrons. The van der Waals surface area contributed by atoms with Gasteiger partial charge >= 0.3 is 6.18 Å².